The molecule has 88 valence electrons. The molecule has 3 nitrogen and oxygen atoms in total. The van der Waals surface area contributed by atoms with E-state index in [4.69, 9.17) is 11.6 Å². The quantitative estimate of drug-likeness (QED) is 0.891. The van der Waals surface area contributed by atoms with E-state index in [1.165, 1.54) is 5.56 Å². The number of hydrogen-bond donors (Lipinski definition) is 1. The summed E-state index contributed by atoms with van der Waals surface area (Å²) in [6, 6.07) is 8.12. The van der Waals surface area contributed by atoms with Gasteiger partial charge in [0.25, 0.3) is 0 Å². The van der Waals surface area contributed by atoms with Crippen molar-refractivity contribution in [2.75, 3.05) is 5.32 Å². The van der Waals surface area contributed by atoms with Crippen LogP contribution in [0.2, 0.25) is 5.15 Å². The lowest BCUT2D eigenvalue weighted by Gasteiger charge is -2.14. The van der Waals surface area contributed by atoms with Gasteiger partial charge in [0.05, 0.1) is 0 Å². The molecule has 1 N–H and O–H groups in total. The van der Waals surface area contributed by atoms with E-state index < -0.39 is 0 Å². The average Bonchev–Trinajstić information content (AvgIpc) is 2.32. The standard InChI is InChI=1S/C13H14ClN3/c1-9(2)10-5-3-4-6-11(10)17-13-12(14)15-7-8-16-13/h3-9H,1-2H3,(H,16,17). The molecule has 0 aliphatic rings. The van der Waals surface area contributed by atoms with E-state index >= 15 is 0 Å². The summed E-state index contributed by atoms with van der Waals surface area (Å²) in [6.45, 7) is 4.30. The highest BCUT2D eigenvalue weighted by molar-refractivity contribution is 6.31. The molecule has 0 spiro atoms. The summed E-state index contributed by atoms with van der Waals surface area (Å²) in [5.74, 6) is 1.02. The zero-order valence-electron chi connectivity index (χ0n) is 9.81. The van der Waals surface area contributed by atoms with Crippen LogP contribution < -0.4 is 5.32 Å². The average molecular weight is 248 g/mol. The number of halogens is 1. The van der Waals surface area contributed by atoms with Gasteiger partial charge in [-0.25, -0.2) is 9.97 Å². The Hall–Kier alpha value is -1.61. The molecule has 2 aromatic rings. The Morgan fingerprint density at radius 2 is 1.82 bits per heavy atom. The maximum atomic E-state index is 5.97. The molecule has 2 rings (SSSR count). The molecule has 0 radical (unpaired) electrons. The molecule has 1 aromatic carbocycles. The summed E-state index contributed by atoms with van der Waals surface area (Å²) in [5.41, 5.74) is 2.25. The molecule has 17 heavy (non-hydrogen) atoms. The van der Waals surface area contributed by atoms with Crippen molar-refractivity contribution in [1.82, 2.24) is 9.97 Å². The van der Waals surface area contributed by atoms with Crippen LogP contribution in [0.15, 0.2) is 36.7 Å². The minimum atomic E-state index is 0.381. The van der Waals surface area contributed by atoms with Gasteiger partial charge in [0, 0.05) is 18.1 Å². The third-order valence-electron chi connectivity index (χ3n) is 2.49. The molecule has 1 heterocycles. The first-order valence-electron chi connectivity index (χ1n) is 5.51. The smallest absolute Gasteiger partial charge is 0.171 e. The van der Waals surface area contributed by atoms with Crippen LogP contribution in [-0.4, -0.2) is 9.97 Å². The zero-order valence-corrected chi connectivity index (χ0v) is 10.6. The molecule has 0 fully saturated rings. The van der Waals surface area contributed by atoms with E-state index in [1.54, 1.807) is 12.4 Å². The van der Waals surface area contributed by atoms with E-state index in [0.29, 0.717) is 16.9 Å². The number of anilines is 2. The van der Waals surface area contributed by atoms with Gasteiger partial charge in [-0.15, -0.1) is 0 Å². The Morgan fingerprint density at radius 1 is 1.12 bits per heavy atom. The Kier molecular flexibility index (Phi) is 3.59. The Labute approximate surface area is 106 Å². The van der Waals surface area contributed by atoms with Crippen molar-refractivity contribution in [3.05, 3.63) is 47.4 Å². The maximum absolute atomic E-state index is 5.97. The van der Waals surface area contributed by atoms with Crippen LogP contribution in [0.1, 0.15) is 25.3 Å². The lowest BCUT2D eigenvalue weighted by molar-refractivity contribution is 0.869. The summed E-state index contributed by atoms with van der Waals surface area (Å²) in [5, 5.41) is 3.60. The molecule has 0 unspecified atom stereocenters. The van der Waals surface area contributed by atoms with E-state index in [1.807, 2.05) is 18.2 Å². The van der Waals surface area contributed by atoms with Gasteiger partial charge in [-0.1, -0.05) is 43.6 Å². The number of aromatic nitrogens is 2. The molecule has 4 heteroatoms. The number of rotatable bonds is 3. The second-order valence-corrected chi connectivity index (χ2v) is 4.42. The van der Waals surface area contributed by atoms with Crippen molar-refractivity contribution in [3.63, 3.8) is 0 Å². The van der Waals surface area contributed by atoms with Crippen molar-refractivity contribution in [2.24, 2.45) is 0 Å². The minimum Gasteiger partial charge on any atom is -0.337 e. The zero-order chi connectivity index (χ0) is 12.3. The van der Waals surface area contributed by atoms with Gasteiger partial charge in [0.15, 0.2) is 11.0 Å². The van der Waals surface area contributed by atoms with Crippen molar-refractivity contribution in [1.29, 1.82) is 0 Å². The lowest BCUT2D eigenvalue weighted by Crippen LogP contribution is -2.00. The maximum Gasteiger partial charge on any atom is 0.171 e. The second kappa shape index (κ2) is 5.15. The summed E-state index contributed by atoms with van der Waals surface area (Å²) in [6.07, 6.45) is 3.19. The summed E-state index contributed by atoms with van der Waals surface area (Å²) in [7, 11) is 0. The largest absolute Gasteiger partial charge is 0.337 e. The fourth-order valence-corrected chi connectivity index (χ4v) is 1.80. The molecule has 0 bridgehead atoms. The van der Waals surface area contributed by atoms with Gasteiger partial charge in [-0.05, 0) is 17.5 Å². The molecule has 0 aliphatic heterocycles. The summed E-state index contributed by atoms with van der Waals surface area (Å²) in [4.78, 5) is 8.16. The van der Waals surface area contributed by atoms with Crippen LogP contribution in [0.4, 0.5) is 11.5 Å². The van der Waals surface area contributed by atoms with Gasteiger partial charge in [-0.2, -0.15) is 0 Å². The van der Waals surface area contributed by atoms with Crippen molar-refractivity contribution >= 4 is 23.1 Å². The van der Waals surface area contributed by atoms with Crippen LogP contribution >= 0.6 is 11.6 Å². The van der Waals surface area contributed by atoms with Crippen LogP contribution in [0.25, 0.3) is 0 Å². The van der Waals surface area contributed by atoms with Crippen LogP contribution in [0, 0.1) is 0 Å². The fourth-order valence-electron chi connectivity index (χ4n) is 1.65. The third kappa shape index (κ3) is 2.74. The second-order valence-electron chi connectivity index (χ2n) is 4.06. The molecular formula is C13H14ClN3. The SMILES string of the molecule is CC(C)c1ccccc1Nc1nccnc1Cl. The van der Waals surface area contributed by atoms with E-state index in [-0.39, 0.29) is 0 Å². The van der Waals surface area contributed by atoms with Crippen LogP contribution in [0.3, 0.4) is 0 Å². The minimum absolute atomic E-state index is 0.381. The highest BCUT2D eigenvalue weighted by Crippen LogP contribution is 2.27. The number of hydrogen-bond acceptors (Lipinski definition) is 3. The summed E-state index contributed by atoms with van der Waals surface area (Å²) < 4.78 is 0. The monoisotopic (exact) mass is 247 g/mol. The molecule has 0 aliphatic carbocycles. The Morgan fingerprint density at radius 3 is 2.53 bits per heavy atom. The predicted octanol–water partition coefficient (Wildman–Crippen LogP) is 4.00. The van der Waals surface area contributed by atoms with E-state index in [9.17, 15) is 0 Å². The van der Waals surface area contributed by atoms with Crippen LogP contribution in [-0.2, 0) is 0 Å². The van der Waals surface area contributed by atoms with Gasteiger partial charge in [0.2, 0.25) is 0 Å². The van der Waals surface area contributed by atoms with Crippen LogP contribution in [0.5, 0.6) is 0 Å². The summed E-state index contributed by atoms with van der Waals surface area (Å²) >= 11 is 5.97. The number of nitrogens with zero attached hydrogens (tertiary/aromatic N) is 2. The highest BCUT2D eigenvalue weighted by Gasteiger charge is 2.08. The molecular weight excluding hydrogens is 234 g/mol. The Bertz CT molecular complexity index is 512. The van der Waals surface area contributed by atoms with E-state index in [2.05, 4.69) is 35.2 Å². The Balaban J connectivity index is 2.34. The highest BCUT2D eigenvalue weighted by atomic mass is 35.5. The van der Waals surface area contributed by atoms with Gasteiger partial charge >= 0.3 is 0 Å². The molecule has 0 saturated heterocycles. The number of nitrogens with one attached hydrogen (secondary N) is 1. The van der Waals surface area contributed by atoms with E-state index in [0.717, 1.165) is 5.69 Å². The molecule has 1 aromatic heterocycles. The number of para-hydroxylation sites is 1. The normalized spacial score (nSPS) is 10.6. The van der Waals surface area contributed by atoms with Crippen molar-refractivity contribution in [2.45, 2.75) is 19.8 Å². The van der Waals surface area contributed by atoms with Crippen molar-refractivity contribution in [3.8, 4) is 0 Å². The van der Waals surface area contributed by atoms with Crippen molar-refractivity contribution < 1.29 is 0 Å². The first-order valence-corrected chi connectivity index (χ1v) is 5.88. The fraction of sp³-hybridized carbons (Fsp3) is 0.231. The van der Waals surface area contributed by atoms with Gasteiger partial charge < -0.3 is 5.32 Å². The third-order valence-corrected chi connectivity index (χ3v) is 2.77. The molecule has 0 amide bonds. The lowest BCUT2D eigenvalue weighted by atomic mass is 10.0. The van der Waals surface area contributed by atoms with Gasteiger partial charge in [-0.3, -0.25) is 0 Å². The first-order chi connectivity index (χ1) is 8.18. The van der Waals surface area contributed by atoms with Gasteiger partial charge in [0.1, 0.15) is 0 Å². The topological polar surface area (TPSA) is 37.8 Å². The molecule has 0 atom stereocenters. The number of benzene rings is 1. The first kappa shape index (κ1) is 11.9. The molecule has 0 saturated carbocycles. The predicted molar refractivity (Wildman–Crippen MR) is 70.9 cm³/mol.